The van der Waals surface area contributed by atoms with Crippen LogP contribution in [0.2, 0.25) is 0 Å². The Morgan fingerprint density at radius 2 is 1.76 bits per heavy atom. The van der Waals surface area contributed by atoms with Crippen molar-refractivity contribution in [3.8, 4) is 5.75 Å². The van der Waals surface area contributed by atoms with Crippen LogP contribution in [0.4, 0.5) is 11.4 Å². The van der Waals surface area contributed by atoms with Gasteiger partial charge >= 0.3 is 0 Å². The van der Waals surface area contributed by atoms with Crippen molar-refractivity contribution in [1.82, 2.24) is 0 Å². The molecular formula is C24H22N2O3. The van der Waals surface area contributed by atoms with Gasteiger partial charge in [-0.25, -0.2) is 0 Å². The second kappa shape index (κ2) is 7.80. The van der Waals surface area contributed by atoms with E-state index >= 15 is 0 Å². The molecule has 5 heteroatoms. The number of benzene rings is 3. The van der Waals surface area contributed by atoms with Crippen LogP contribution in [0.3, 0.4) is 0 Å². The molecule has 0 saturated heterocycles. The molecule has 3 aromatic rings. The van der Waals surface area contributed by atoms with Crippen LogP contribution in [0.25, 0.3) is 0 Å². The number of para-hydroxylation sites is 2. The fourth-order valence-corrected chi connectivity index (χ4v) is 3.35. The highest BCUT2D eigenvalue weighted by molar-refractivity contribution is 6.04. The molecule has 146 valence electrons. The van der Waals surface area contributed by atoms with E-state index in [0.717, 1.165) is 28.1 Å². The van der Waals surface area contributed by atoms with Crippen LogP contribution < -0.4 is 15.0 Å². The van der Waals surface area contributed by atoms with Crippen LogP contribution in [0.1, 0.15) is 27.0 Å². The summed E-state index contributed by atoms with van der Waals surface area (Å²) in [6, 6.07) is 20.7. The Morgan fingerprint density at radius 1 is 1.00 bits per heavy atom. The minimum absolute atomic E-state index is 0.0351. The molecule has 0 fully saturated rings. The molecule has 1 heterocycles. The zero-order chi connectivity index (χ0) is 20.4. The Labute approximate surface area is 169 Å². The molecule has 0 bridgehead atoms. The first kappa shape index (κ1) is 18.7. The molecular weight excluding hydrogens is 364 g/mol. The first-order chi connectivity index (χ1) is 14.0. The van der Waals surface area contributed by atoms with E-state index in [2.05, 4.69) is 5.32 Å². The predicted molar refractivity (Wildman–Crippen MR) is 113 cm³/mol. The van der Waals surface area contributed by atoms with E-state index in [4.69, 9.17) is 4.74 Å². The van der Waals surface area contributed by atoms with E-state index in [9.17, 15) is 9.59 Å². The summed E-state index contributed by atoms with van der Waals surface area (Å²) in [6.45, 7) is 4.47. The first-order valence-corrected chi connectivity index (χ1v) is 9.51. The van der Waals surface area contributed by atoms with E-state index in [1.165, 1.54) is 0 Å². The topological polar surface area (TPSA) is 58.6 Å². The van der Waals surface area contributed by atoms with Crippen LogP contribution in [0.15, 0.2) is 66.7 Å². The zero-order valence-corrected chi connectivity index (χ0v) is 16.4. The maximum atomic E-state index is 12.6. The highest BCUT2D eigenvalue weighted by Gasteiger charge is 2.25. The summed E-state index contributed by atoms with van der Waals surface area (Å²) in [5.74, 6) is 0.468. The highest BCUT2D eigenvalue weighted by atomic mass is 16.5. The van der Waals surface area contributed by atoms with Gasteiger partial charge < -0.3 is 15.0 Å². The fraction of sp³-hybridized carbons (Fsp3) is 0.167. The molecule has 1 aliphatic rings. The van der Waals surface area contributed by atoms with Crippen molar-refractivity contribution in [2.45, 2.75) is 20.4 Å². The Bertz CT molecular complexity index is 1070. The van der Waals surface area contributed by atoms with Gasteiger partial charge in [0.15, 0.2) is 6.61 Å². The maximum Gasteiger partial charge on any atom is 0.265 e. The molecule has 4 rings (SSSR count). The number of hydrogen-bond acceptors (Lipinski definition) is 3. The smallest absolute Gasteiger partial charge is 0.265 e. The molecule has 0 atom stereocenters. The monoisotopic (exact) mass is 386 g/mol. The molecule has 3 aromatic carbocycles. The number of anilines is 2. The normalized spacial score (nSPS) is 12.9. The van der Waals surface area contributed by atoms with Crippen LogP contribution in [-0.4, -0.2) is 18.4 Å². The van der Waals surface area contributed by atoms with Crippen molar-refractivity contribution in [3.05, 3.63) is 89.0 Å². The summed E-state index contributed by atoms with van der Waals surface area (Å²) in [6.07, 6.45) is 0. The summed E-state index contributed by atoms with van der Waals surface area (Å²) < 4.78 is 5.48. The molecule has 1 N–H and O–H groups in total. The number of aryl methyl sites for hydroxylation is 1. The number of carbonyl (C=O) groups excluding carboxylic acids is 2. The number of nitrogens with one attached hydrogen (secondary N) is 1. The average Bonchev–Trinajstić information content (AvgIpc) is 2.74. The number of ether oxygens (including phenoxy) is 1. The molecule has 2 amide bonds. The quantitative estimate of drug-likeness (QED) is 0.719. The van der Waals surface area contributed by atoms with E-state index in [0.29, 0.717) is 17.9 Å². The predicted octanol–water partition coefficient (Wildman–Crippen LogP) is 4.48. The number of hydrogen-bond donors (Lipinski definition) is 1. The van der Waals surface area contributed by atoms with E-state index in [1.807, 2.05) is 68.4 Å². The van der Waals surface area contributed by atoms with E-state index in [1.54, 1.807) is 17.0 Å². The third-order valence-corrected chi connectivity index (χ3v) is 5.22. The molecule has 0 aliphatic carbocycles. The largest absolute Gasteiger partial charge is 0.482 e. The van der Waals surface area contributed by atoms with E-state index < -0.39 is 0 Å². The standard InChI is InChI=1S/C24H22N2O3/c1-16-6-5-7-20(17(16)2)25-24(28)19-12-10-18(11-13-19)14-26-21-8-3-4-9-22(21)29-15-23(26)27/h3-13H,14-15H2,1-2H3,(H,25,28). The molecule has 0 spiro atoms. The summed E-state index contributed by atoms with van der Waals surface area (Å²) in [7, 11) is 0. The second-order valence-electron chi connectivity index (χ2n) is 7.13. The third-order valence-electron chi connectivity index (χ3n) is 5.22. The lowest BCUT2D eigenvalue weighted by Crippen LogP contribution is -2.38. The van der Waals surface area contributed by atoms with Crippen molar-refractivity contribution >= 4 is 23.2 Å². The minimum Gasteiger partial charge on any atom is -0.482 e. The molecule has 29 heavy (non-hydrogen) atoms. The van der Waals surface area contributed by atoms with Gasteiger partial charge in [-0.15, -0.1) is 0 Å². The molecule has 1 aliphatic heterocycles. The molecule has 5 nitrogen and oxygen atoms in total. The summed E-state index contributed by atoms with van der Waals surface area (Å²) >= 11 is 0. The second-order valence-corrected chi connectivity index (χ2v) is 7.13. The number of nitrogens with zero attached hydrogens (tertiary/aromatic N) is 1. The van der Waals surface area contributed by atoms with Crippen molar-refractivity contribution in [1.29, 1.82) is 0 Å². The molecule has 0 aromatic heterocycles. The Hall–Kier alpha value is -3.60. The molecule has 0 unspecified atom stereocenters. The summed E-state index contributed by atoms with van der Waals surface area (Å²) in [4.78, 5) is 26.7. The maximum absolute atomic E-state index is 12.6. The van der Waals surface area contributed by atoms with Crippen LogP contribution in [0.5, 0.6) is 5.75 Å². The number of fused-ring (bicyclic) bond motifs is 1. The molecule has 0 saturated carbocycles. The van der Waals surface area contributed by atoms with Crippen LogP contribution in [-0.2, 0) is 11.3 Å². The Kier molecular flexibility index (Phi) is 5.04. The zero-order valence-electron chi connectivity index (χ0n) is 16.4. The molecule has 0 radical (unpaired) electrons. The SMILES string of the molecule is Cc1cccc(NC(=O)c2ccc(CN3C(=O)COc4ccccc43)cc2)c1C. The van der Waals surface area contributed by atoms with Gasteiger partial charge in [-0.3, -0.25) is 9.59 Å². The van der Waals surface area contributed by atoms with Gasteiger partial charge in [0.05, 0.1) is 12.2 Å². The van der Waals surface area contributed by atoms with Crippen molar-refractivity contribution in [3.63, 3.8) is 0 Å². The lowest BCUT2D eigenvalue weighted by molar-refractivity contribution is -0.121. The van der Waals surface area contributed by atoms with Gasteiger partial charge in [-0.1, -0.05) is 36.4 Å². The third kappa shape index (κ3) is 3.85. The lowest BCUT2D eigenvalue weighted by Gasteiger charge is -2.29. The Balaban J connectivity index is 1.49. The highest BCUT2D eigenvalue weighted by Crippen LogP contribution is 2.32. The Morgan fingerprint density at radius 3 is 2.55 bits per heavy atom. The first-order valence-electron chi connectivity index (χ1n) is 9.51. The average molecular weight is 386 g/mol. The number of carbonyl (C=O) groups is 2. The number of rotatable bonds is 4. The lowest BCUT2D eigenvalue weighted by atomic mass is 10.1. The summed E-state index contributed by atoms with van der Waals surface area (Å²) in [5, 5.41) is 2.97. The fourth-order valence-electron chi connectivity index (χ4n) is 3.35. The summed E-state index contributed by atoms with van der Waals surface area (Å²) in [5.41, 5.74) is 5.28. The van der Waals surface area contributed by atoms with Gasteiger partial charge in [-0.05, 0) is 60.9 Å². The van der Waals surface area contributed by atoms with Crippen LogP contribution in [0, 0.1) is 13.8 Å². The van der Waals surface area contributed by atoms with Gasteiger partial charge in [0, 0.05) is 11.3 Å². The van der Waals surface area contributed by atoms with Gasteiger partial charge in [0.1, 0.15) is 5.75 Å². The van der Waals surface area contributed by atoms with Crippen molar-refractivity contribution < 1.29 is 14.3 Å². The van der Waals surface area contributed by atoms with Gasteiger partial charge in [-0.2, -0.15) is 0 Å². The van der Waals surface area contributed by atoms with Gasteiger partial charge in [0.2, 0.25) is 0 Å². The minimum atomic E-state index is -0.155. The van der Waals surface area contributed by atoms with Gasteiger partial charge in [0.25, 0.3) is 11.8 Å². The van der Waals surface area contributed by atoms with Crippen LogP contribution >= 0.6 is 0 Å². The van der Waals surface area contributed by atoms with Crippen molar-refractivity contribution in [2.24, 2.45) is 0 Å². The van der Waals surface area contributed by atoms with E-state index in [-0.39, 0.29) is 18.4 Å². The number of amides is 2. The van der Waals surface area contributed by atoms with Crippen molar-refractivity contribution in [2.75, 3.05) is 16.8 Å².